The van der Waals surface area contributed by atoms with Gasteiger partial charge in [0.25, 0.3) is 0 Å². The van der Waals surface area contributed by atoms with Crippen molar-refractivity contribution in [1.29, 1.82) is 0 Å². The number of aromatic nitrogens is 1. The Morgan fingerprint density at radius 1 is 1.28 bits per heavy atom. The van der Waals surface area contributed by atoms with E-state index in [0.717, 1.165) is 0 Å². The fourth-order valence-corrected chi connectivity index (χ4v) is 2.55. The average Bonchev–Trinajstić information content (AvgIpc) is 2.64. The van der Waals surface area contributed by atoms with Gasteiger partial charge in [0.2, 0.25) is 5.91 Å². The molecule has 1 heterocycles. The van der Waals surface area contributed by atoms with Crippen LogP contribution in [0.25, 0.3) is 0 Å². The number of carbonyl (C=O) groups is 1. The summed E-state index contributed by atoms with van der Waals surface area (Å²) in [5, 5.41) is 2.75. The number of carbonyl (C=O) groups excluding carboxylic acids is 1. The fourth-order valence-electron chi connectivity index (χ4n) is 2.55. The highest BCUT2D eigenvalue weighted by molar-refractivity contribution is 5.95. The van der Waals surface area contributed by atoms with Crippen LogP contribution in [0.3, 0.4) is 0 Å². The van der Waals surface area contributed by atoms with Crippen molar-refractivity contribution >= 4 is 11.6 Å². The molecular formula is C19H24FN3O2. The standard InChI is InChI=1S/C19H24FN3O2/c1-3-19(4-2,13-21)18(24)23-14-8-9-17(16(20)11-14)25-12-15-7-5-6-10-22-15/h5-11H,3-4,12-13,21H2,1-2H3,(H,23,24). The zero-order valence-electron chi connectivity index (χ0n) is 14.6. The molecule has 0 radical (unpaired) electrons. The molecule has 0 unspecified atom stereocenters. The summed E-state index contributed by atoms with van der Waals surface area (Å²) < 4.78 is 19.7. The predicted molar refractivity (Wildman–Crippen MR) is 95.7 cm³/mol. The Morgan fingerprint density at radius 2 is 2.04 bits per heavy atom. The third-order valence-electron chi connectivity index (χ3n) is 4.52. The Kier molecular flexibility index (Phi) is 6.47. The summed E-state index contributed by atoms with van der Waals surface area (Å²) in [6, 6.07) is 9.80. The largest absolute Gasteiger partial charge is 0.484 e. The molecule has 2 rings (SSSR count). The second-order valence-electron chi connectivity index (χ2n) is 5.90. The number of ether oxygens (including phenoxy) is 1. The molecular weight excluding hydrogens is 321 g/mol. The monoisotopic (exact) mass is 345 g/mol. The van der Waals surface area contributed by atoms with Crippen LogP contribution in [0.15, 0.2) is 42.6 Å². The molecule has 0 aliphatic carbocycles. The van der Waals surface area contributed by atoms with Crippen LogP contribution < -0.4 is 15.8 Å². The highest BCUT2D eigenvalue weighted by Crippen LogP contribution is 2.28. The van der Waals surface area contributed by atoms with Crippen LogP contribution in [0.2, 0.25) is 0 Å². The summed E-state index contributed by atoms with van der Waals surface area (Å²) in [7, 11) is 0. The molecule has 25 heavy (non-hydrogen) atoms. The number of pyridine rings is 1. The van der Waals surface area contributed by atoms with Crippen molar-refractivity contribution in [1.82, 2.24) is 4.98 Å². The number of nitrogens with zero attached hydrogens (tertiary/aromatic N) is 1. The van der Waals surface area contributed by atoms with E-state index in [1.807, 2.05) is 19.9 Å². The lowest BCUT2D eigenvalue weighted by atomic mass is 9.81. The molecule has 3 N–H and O–H groups in total. The van der Waals surface area contributed by atoms with Gasteiger partial charge < -0.3 is 15.8 Å². The van der Waals surface area contributed by atoms with Crippen LogP contribution in [0.4, 0.5) is 10.1 Å². The summed E-state index contributed by atoms with van der Waals surface area (Å²) in [6.45, 7) is 4.27. The maximum Gasteiger partial charge on any atom is 0.231 e. The van der Waals surface area contributed by atoms with Crippen molar-refractivity contribution in [3.05, 3.63) is 54.1 Å². The number of hydrogen-bond acceptors (Lipinski definition) is 4. The molecule has 0 saturated carbocycles. The summed E-state index contributed by atoms with van der Waals surface area (Å²) in [5.74, 6) is -0.624. The Balaban J connectivity index is 2.05. The second-order valence-corrected chi connectivity index (χ2v) is 5.90. The van der Waals surface area contributed by atoms with Crippen LogP contribution in [-0.2, 0) is 11.4 Å². The van der Waals surface area contributed by atoms with Crippen molar-refractivity contribution < 1.29 is 13.9 Å². The summed E-state index contributed by atoms with van der Waals surface area (Å²) in [5.41, 5.74) is 6.23. The third kappa shape index (κ3) is 4.54. The number of nitrogens with two attached hydrogens (primary N) is 1. The number of hydrogen-bond donors (Lipinski definition) is 2. The van der Waals surface area contributed by atoms with Crippen LogP contribution >= 0.6 is 0 Å². The van der Waals surface area contributed by atoms with E-state index in [0.29, 0.717) is 24.2 Å². The minimum Gasteiger partial charge on any atom is -0.484 e. The van der Waals surface area contributed by atoms with E-state index in [2.05, 4.69) is 10.3 Å². The molecule has 1 aromatic carbocycles. The zero-order valence-corrected chi connectivity index (χ0v) is 14.6. The van der Waals surface area contributed by atoms with Crippen LogP contribution in [0.1, 0.15) is 32.4 Å². The van der Waals surface area contributed by atoms with Gasteiger partial charge in [0.15, 0.2) is 11.6 Å². The van der Waals surface area contributed by atoms with E-state index in [1.165, 1.54) is 12.1 Å². The van der Waals surface area contributed by atoms with E-state index in [-0.39, 0.29) is 24.8 Å². The van der Waals surface area contributed by atoms with Crippen LogP contribution in [0, 0.1) is 11.2 Å². The number of nitrogens with one attached hydrogen (secondary N) is 1. The minimum absolute atomic E-state index is 0.111. The number of halogens is 1. The summed E-state index contributed by atoms with van der Waals surface area (Å²) >= 11 is 0. The van der Waals surface area contributed by atoms with Gasteiger partial charge in [-0.25, -0.2) is 4.39 Å². The molecule has 0 bridgehead atoms. The van der Waals surface area contributed by atoms with Crippen LogP contribution in [0.5, 0.6) is 5.75 Å². The van der Waals surface area contributed by atoms with Gasteiger partial charge in [0, 0.05) is 24.5 Å². The van der Waals surface area contributed by atoms with Gasteiger partial charge in [-0.05, 0) is 37.1 Å². The molecule has 6 heteroatoms. The van der Waals surface area contributed by atoms with E-state index < -0.39 is 11.2 Å². The van der Waals surface area contributed by atoms with Gasteiger partial charge >= 0.3 is 0 Å². The van der Waals surface area contributed by atoms with Gasteiger partial charge in [-0.2, -0.15) is 0 Å². The lowest BCUT2D eigenvalue weighted by molar-refractivity contribution is -0.125. The van der Waals surface area contributed by atoms with Gasteiger partial charge in [0.05, 0.1) is 11.1 Å². The number of rotatable bonds is 8. The smallest absolute Gasteiger partial charge is 0.231 e. The quantitative estimate of drug-likeness (QED) is 0.767. The normalized spacial score (nSPS) is 11.2. The molecule has 0 saturated heterocycles. The maximum atomic E-state index is 14.2. The van der Waals surface area contributed by atoms with Crippen LogP contribution in [-0.4, -0.2) is 17.4 Å². The average molecular weight is 345 g/mol. The first-order valence-electron chi connectivity index (χ1n) is 8.38. The molecule has 1 aromatic heterocycles. The molecule has 0 fully saturated rings. The first-order valence-corrected chi connectivity index (χ1v) is 8.38. The fraction of sp³-hybridized carbons (Fsp3) is 0.368. The number of anilines is 1. The van der Waals surface area contributed by atoms with Crippen molar-refractivity contribution in [3.63, 3.8) is 0 Å². The molecule has 134 valence electrons. The SMILES string of the molecule is CCC(CC)(CN)C(=O)Nc1ccc(OCc2ccccn2)c(F)c1. The van der Waals surface area contributed by atoms with Crippen molar-refractivity contribution in [2.45, 2.75) is 33.3 Å². The first-order chi connectivity index (χ1) is 12.0. The molecule has 0 spiro atoms. The summed E-state index contributed by atoms with van der Waals surface area (Å²) in [4.78, 5) is 16.6. The van der Waals surface area contributed by atoms with Crippen molar-refractivity contribution in [2.75, 3.05) is 11.9 Å². The third-order valence-corrected chi connectivity index (χ3v) is 4.52. The highest BCUT2D eigenvalue weighted by Gasteiger charge is 2.33. The van der Waals surface area contributed by atoms with Gasteiger partial charge in [-0.15, -0.1) is 0 Å². The molecule has 1 amide bonds. The minimum atomic E-state index is -0.634. The predicted octanol–water partition coefficient (Wildman–Crippen LogP) is 3.50. The van der Waals surface area contributed by atoms with E-state index >= 15 is 0 Å². The molecule has 0 aliphatic heterocycles. The Morgan fingerprint density at radius 3 is 2.60 bits per heavy atom. The summed E-state index contributed by atoms with van der Waals surface area (Å²) in [6.07, 6.45) is 2.90. The first kappa shape index (κ1) is 18.9. The number of amides is 1. The lowest BCUT2D eigenvalue weighted by Gasteiger charge is -2.28. The molecule has 0 atom stereocenters. The maximum absolute atomic E-state index is 14.2. The van der Waals surface area contributed by atoms with E-state index in [4.69, 9.17) is 10.5 Å². The molecule has 0 aliphatic rings. The van der Waals surface area contributed by atoms with Crippen molar-refractivity contribution in [2.24, 2.45) is 11.1 Å². The van der Waals surface area contributed by atoms with Gasteiger partial charge in [-0.3, -0.25) is 9.78 Å². The topological polar surface area (TPSA) is 77.2 Å². The van der Waals surface area contributed by atoms with Crippen molar-refractivity contribution in [3.8, 4) is 5.75 Å². The Bertz CT molecular complexity index is 695. The Hall–Kier alpha value is -2.47. The highest BCUT2D eigenvalue weighted by atomic mass is 19.1. The second kappa shape index (κ2) is 8.58. The number of benzene rings is 1. The van der Waals surface area contributed by atoms with Gasteiger partial charge in [-0.1, -0.05) is 19.9 Å². The lowest BCUT2D eigenvalue weighted by Crippen LogP contribution is -2.41. The van der Waals surface area contributed by atoms with E-state index in [1.54, 1.807) is 24.4 Å². The zero-order chi connectivity index (χ0) is 18.3. The molecule has 2 aromatic rings. The van der Waals surface area contributed by atoms with Gasteiger partial charge in [0.1, 0.15) is 6.61 Å². The van der Waals surface area contributed by atoms with E-state index in [9.17, 15) is 9.18 Å². The molecule has 5 nitrogen and oxygen atoms in total. The Labute approximate surface area is 147 Å².